The molecule has 2 heterocycles. The van der Waals surface area contributed by atoms with Gasteiger partial charge in [0, 0.05) is 5.92 Å². The first-order chi connectivity index (χ1) is 11.7. The number of likely N-dealkylation sites (tertiary alicyclic amines) is 1. The van der Waals surface area contributed by atoms with Crippen molar-refractivity contribution in [2.75, 3.05) is 29.9 Å². The van der Waals surface area contributed by atoms with Crippen molar-refractivity contribution < 1.29 is 14.5 Å². The average molecular weight is 328 g/mol. The molecule has 2 fully saturated rings. The fraction of sp³-hybridized carbons (Fsp3) is 0.579. The lowest BCUT2D eigenvalue weighted by Crippen LogP contribution is -3.18. The lowest BCUT2D eigenvalue weighted by molar-refractivity contribution is -0.928. The molecule has 3 aliphatic rings. The number of nitrogens with zero attached hydrogens (tertiary/aromatic N) is 1. The number of anilines is 2. The van der Waals surface area contributed by atoms with E-state index in [1.54, 1.807) is 4.90 Å². The monoisotopic (exact) mass is 328 g/mol. The van der Waals surface area contributed by atoms with E-state index in [2.05, 4.69) is 5.32 Å². The van der Waals surface area contributed by atoms with Gasteiger partial charge in [0.15, 0.2) is 6.54 Å². The maximum Gasteiger partial charge on any atom is 0.282 e. The smallest absolute Gasteiger partial charge is 0.282 e. The minimum Gasteiger partial charge on any atom is -0.324 e. The van der Waals surface area contributed by atoms with E-state index < -0.39 is 0 Å². The van der Waals surface area contributed by atoms with Gasteiger partial charge in [0.05, 0.1) is 24.0 Å². The quantitative estimate of drug-likeness (QED) is 0.857. The zero-order valence-electron chi connectivity index (χ0n) is 14.1. The van der Waals surface area contributed by atoms with Gasteiger partial charge in [0.25, 0.3) is 5.91 Å². The second-order valence-corrected chi connectivity index (χ2v) is 7.42. The molecule has 128 valence electrons. The highest BCUT2D eigenvalue weighted by Gasteiger charge is 2.38. The van der Waals surface area contributed by atoms with Crippen LogP contribution in [0.2, 0.25) is 0 Å². The van der Waals surface area contributed by atoms with Crippen LogP contribution in [-0.4, -0.2) is 37.5 Å². The molecule has 2 N–H and O–H groups in total. The first-order valence-electron chi connectivity index (χ1n) is 9.26. The van der Waals surface area contributed by atoms with Gasteiger partial charge in [-0.25, -0.2) is 0 Å². The standard InChI is InChI=1S/C19H25N3O2/c23-18-12-22(17-10-4-2-8-15(17)20-18)19(24)13-21-11-5-7-14-6-1-3-9-16(14)21/h2,4,8,10,14,16H,1,3,5-7,9,11-13H2,(H,20,23)/p+1/t14-,16-/m0/s1. The number of carbonyl (C=O) groups excluding carboxylic acids is 2. The summed E-state index contributed by atoms with van der Waals surface area (Å²) >= 11 is 0. The van der Waals surface area contributed by atoms with Gasteiger partial charge in [-0.15, -0.1) is 0 Å². The highest BCUT2D eigenvalue weighted by molar-refractivity contribution is 6.10. The van der Waals surface area contributed by atoms with E-state index in [4.69, 9.17) is 0 Å². The SMILES string of the molecule is O=C1CN(C(=O)C[NH+]2CCC[C@@H]3CCCC[C@@H]32)c2ccccc2N1. The first-order valence-corrected chi connectivity index (χ1v) is 9.26. The van der Waals surface area contributed by atoms with Gasteiger partial charge in [-0.1, -0.05) is 18.6 Å². The van der Waals surface area contributed by atoms with Gasteiger partial charge in [-0.3, -0.25) is 14.5 Å². The molecule has 0 radical (unpaired) electrons. The molecule has 0 spiro atoms. The summed E-state index contributed by atoms with van der Waals surface area (Å²) in [5, 5.41) is 2.85. The zero-order valence-corrected chi connectivity index (χ0v) is 14.1. The van der Waals surface area contributed by atoms with Gasteiger partial charge in [-0.2, -0.15) is 0 Å². The molecule has 1 aromatic carbocycles. The van der Waals surface area contributed by atoms with E-state index in [0.29, 0.717) is 12.6 Å². The molecule has 0 bridgehead atoms. The summed E-state index contributed by atoms with van der Waals surface area (Å²) in [6.07, 6.45) is 7.79. The average Bonchev–Trinajstić information content (AvgIpc) is 2.61. The second kappa shape index (κ2) is 6.55. The highest BCUT2D eigenvalue weighted by Crippen LogP contribution is 2.30. The number of rotatable bonds is 2. The van der Waals surface area contributed by atoms with Crippen molar-refractivity contribution in [3.8, 4) is 0 Å². The van der Waals surface area contributed by atoms with Crippen molar-refractivity contribution in [1.29, 1.82) is 0 Å². The van der Waals surface area contributed by atoms with Crippen molar-refractivity contribution in [3.63, 3.8) is 0 Å². The molecular weight excluding hydrogens is 302 g/mol. The second-order valence-electron chi connectivity index (χ2n) is 7.42. The van der Waals surface area contributed by atoms with Crippen LogP contribution in [0, 0.1) is 5.92 Å². The largest absolute Gasteiger partial charge is 0.324 e. The van der Waals surface area contributed by atoms with Crippen LogP contribution < -0.4 is 15.1 Å². The molecule has 1 saturated heterocycles. The molecule has 2 amide bonds. The summed E-state index contributed by atoms with van der Waals surface area (Å²) < 4.78 is 0. The lowest BCUT2D eigenvalue weighted by Gasteiger charge is -2.41. The summed E-state index contributed by atoms with van der Waals surface area (Å²) in [6, 6.07) is 8.22. The number of hydrogen-bond acceptors (Lipinski definition) is 2. The van der Waals surface area contributed by atoms with Crippen molar-refractivity contribution >= 4 is 23.2 Å². The number of nitrogens with one attached hydrogen (secondary N) is 2. The van der Waals surface area contributed by atoms with Gasteiger partial charge in [0.2, 0.25) is 5.91 Å². The van der Waals surface area contributed by atoms with E-state index in [1.807, 2.05) is 24.3 Å². The van der Waals surface area contributed by atoms with Gasteiger partial charge in [-0.05, 0) is 44.2 Å². The topological polar surface area (TPSA) is 53.9 Å². The molecule has 1 saturated carbocycles. The van der Waals surface area contributed by atoms with E-state index in [-0.39, 0.29) is 18.4 Å². The number of para-hydroxylation sites is 2. The van der Waals surface area contributed by atoms with Crippen LogP contribution in [0.25, 0.3) is 0 Å². The van der Waals surface area contributed by atoms with E-state index >= 15 is 0 Å². The number of amides is 2. The van der Waals surface area contributed by atoms with Gasteiger partial charge < -0.3 is 10.2 Å². The molecular formula is C19H26N3O2+. The third-order valence-electron chi connectivity index (χ3n) is 5.96. The Morgan fingerprint density at radius 1 is 1.17 bits per heavy atom. The number of carbonyl (C=O) groups is 2. The minimum absolute atomic E-state index is 0.0820. The first kappa shape index (κ1) is 15.6. The third kappa shape index (κ3) is 2.93. The number of fused-ring (bicyclic) bond motifs is 2. The lowest BCUT2D eigenvalue weighted by atomic mass is 9.78. The van der Waals surface area contributed by atoms with Crippen LogP contribution in [0.4, 0.5) is 11.4 Å². The Bertz CT molecular complexity index is 643. The molecule has 0 aromatic heterocycles. The van der Waals surface area contributed by atoms with E-state index in [1.165, 1.54) is 43.4 Å². The molecule has 3 atom stereocenters. The van der Waals surface area contributed by atoms with Crippen LogP contribution in [0.5, 0.6) is 0 Å². The highest BCUT2D eigenvalue weighted by atomic mass is 16.2. The van der Waals surface area contributed by atoms with Crippen LogP contribution in [0.3, 0.4) is 0 Å². The van der Waals surface area contributed by atoms with E-state index in [0.717, 1.165) is 23.8 Å². The summed E-state index contributed by atoms with van der Waals surface area (Å²) in [6.45, 7) is 1.74. The molecule has 5 heteroatoms. The fourth-order valence-corrected chi connectivity index (χ4v) is 4.83. The number of quaternary nitrogens is 1. The van der Waals surface area contributed by atoms with Gasteiger partial charge >= 0.3 is 0 Å². The molecule has 1 aromatic rings. The third-order valence-corrected chi connectivity index (χ3v) is 5.96. The summed E-state index contributed by atoms with van der Waals surface area (Å²) in [7, 11) is 0. The maximum absolute atomic E-state index is 13.0. The minimum atomic E-state index is -0.105. The Hall–Kier alpha value is -1.88. The van der Waals surface area contributed by atoms with Crippen molar-refractivity contribution in [3.05, 3.63) is 24.3 Å². The zero-order chi connectivity index (χ0) is 16.5. The maximum atomic E-state index is 13.0. The predicted octanol–water partition coefficient (Wildman–Crippen LogP) is 1.21. The summed E-state index contributed by atoms with van der Waals surface area (Å²) in [5.41, 5.74) is 1.57. The number of benzene rings is 1. The van der Waals surface area contributed by atoms with E-state index in [9.17, 15) is 9.59 Å². The Morgan fingerprint density at radius 2 is 1.96 bits per heavy atom. The molecule has 1 unspecified atom stereocenters. The Morgan fingerprint density at radius 3 is 2.88 bits per heavy atom. The Kier molecular flexibility index (Phi) is 4.27. The molecule has 2 aliphatic heterocycles. The van der Waals surface area contributed by atoms with Crippen LogP contribution >= 0.6 is 0 Å². The molecule has 24 heavy (non-hydrogen) atoms. The van der Waals surface area contributed by atoms with Crippen LogP contribution in [-0.2, 0) is 9.59 Å². The van der Waals surface area contributed by atoms with Crippen molar-refractivity contribution in [2.24, 2.45) is 5.92 Å². The molecule has 1 aliphatic carbocycles. The molecule has 5 nitrogen and oxygen atoms in total. The predicted molar refractivity (Wildman–Crippen MR) is 93.1 cm³/mol. The molecule has 4 rings (SSSR count). The number of piperidine rings is 1. The van der Waals surface area contributed by atoms with Crippen LogP contribution in [0.15, 0.2) is 24.3 Å². The normalized spacial score (nSPS) is 29.4. The van der Waals surface area contributed by atoms with Crippen LogP contribution in [0.1, 0.15) is 38.5 Å². The Labute approximate surface area is 143 Å². The summed E-state index contributed by atoms with van der Waals surface area (Å²) in [5.74, 6) is 0.775. The number of hydrogen-bond donors (Lipinski definition) is 2. The van der Waals surface area contributed by atoms with Crippen molar-refractivity contribution in [2.45, 2.75) is 44.6 Å². The van der Waals surface area contributed by atoms with Crippen molar-refractivity contribution in [1.82, 2.24) is 0 Å². The Balaban J connectivity index is 1.51. The van der Waals surface area contributed by atoms with Gasteiger partial charge in [0.1, 0.15) is 6.54 Å². The fourth-order valence-electron chi connectivity index (χ4n) is 4.83. The summed E-state index contributed by atoms with van der Waals surface area (Å²) in [4.78, 5) is 28.0.